The van der Waals surface area contributed by atoms with Crippen LogP contribution in [0.4, 0.5) is 5.69 Å². The molecule has 1 aromatic heterocycles. The second kappa shape index (κ2) is 11.8. The number of ketones is 1. The van der Waals surface area contributed by atoms with Gasteiger partial charge in [-0.1, -0.05) is 43.7 Å². The number of hydrogen-bond donors (Lipinski definition) is 0. The van der Waals surface area contributed by atoms with Crippen molar-refractivity contribution < 1.29 is 18.0 Å². The minimum absolute atomic E-state index is 0.0358. The summed E-state index contributed by atoms with van der Waals surface area (Å²) in [5, 5.41) is 0. The molecule has 3 rings (SSSR count). The molecular weight excluding hydrogens is 464 g/mol. The third kappa shape index (κ3) is 6.80. The van der Waals surface area contributed by atoms with E-state index in [4.69, 9.17) is 0 Å². The van der Waals surface area contributed by atoms with Gasteiger partial charge in [-0.2, -0.15) is 0 Å². The van der Waals surface area contributed by atoms with Crippen molar-refractivity contribution in [1.82, 2.24) is 14.3 Å². The molecule has 9 heteroatoms. The van der Waals surface area contributed by atoms with Crippen molar-refractivity contribution in [1.29, 1.82) is 0 Å². The van der Waals surface area contributed by atoms with E-state index in [2.05, 4.69) is 16.9 Å². The zero-order valence-corrected chi connectivity index (χ0v) is 21.0. The first-order valence-corrected chi connectivity index (χ1v) is 12.9. The van der Waals surface area contributed by atoms with Crippen molar-refractivity contribution in [3.8, 4) is 0 Å². The Hall–Kier alpha value is -3.43. The van der Waals surface area contributed by atoms with Crippen LogP contribution in [0.25, 0.3) is 0 Å². The fourth-order valence-corrected chi connectivity index (χ4v) is 4.49. The van der Waals surface area contributed by atoms with Gasteiger partial charge in [-0.3, -0.25) is 9.59 Å². The number of sulfonamides is 1. The van der Waals surface area contributed by atoms with E-state index in [1.54, 1.807) is 18.2 Å². The summed E-state index contributed by atoms with van der Waals surface area (Å²) in [4.78, 5) is 35.4. The lowest BCUT2D eigenvalue weighted by Gasteiger charge is -2.24. The number of Topliss-reactive ketones (excluding diaryl/α,β-unsaturated/α-hetero) is 1. The molecule has 3 aromatic rings. The van der Waals surface area contributed by atoms with E-state index in [1.165, 1.54) is 43.5 Å². The second-order valence-corrected chi connectivity index (χ2v) is 10.5. The van der Waals surface area contributed by atoms with E-state index in [0.29, 0.717) is 5.69 Å². The molecule has 0 saturated carbocycles. The highest BCUT2D eigenvalue weighted by Crippen LogP contribution is 2.24. The molecular formula is C26H30N4O4S. The SMILES string of the molecule is CCCCc1cccc(CN(C(=O)CC(=O)c2ncccn2)c2cccc(S(=O)(=O)N(C)C)c2)c1. The average Bonchev–Trinajstić information content (AvgIpc) is 2.86. The van der Waals surface area contributed by atoms with E-state index in [1.807, 2.05) is 24.3 Å². The highest BCUT2D eigenvalue weighted by molar-refractivity contribution is 7.89. The number of unbranched alkanes of at least 4 members (excludes halogenated alkanes) is 1. The van der Waals surface area contributed by atoms with Crippen LogP contribution >= 0.6 is 0 Å². The maximum atomic E-state index is 13.4. The maximum Gasteiger partial charge on any atom is 0.242 e. The molecule has 0 radical (unpaired) electrons. The van der Waals surface area contributed by atoms with Crippen LogP contribution in [0.5, 0.6) is 0 Å². The Kier molecular flexibility index (Phi) is 8.84. The number of hydrogen-bond acceptors (Lipinski definition) is 6. The van der Waals surface area contributed by atoms with E-state index < -0.39 is 28.1 Å². The lowest BCUT2D eigenvalue weighted by atomic mass is 10.0. The smallest absolute Gasteiger partial charge is 0.242 e. The Balaban J connectivity index is 1.96. The number of aromatic nitrogens is 2. The van der Waals surface area contributed by atoms with Crippen LogP contribution in [0.3, 0.4) is 0 Å². The van der Waals surface area contributed by atoms with Gasteiger partial charge in [0.05, 0.1) is 17.9 Å². The fourth-order valence-electron chi connectivity index (χ4n) is 3.55. The van der Waals surface area contributed by atoms with Crippen LogP contribution in [0.15, 0.2) is 71.9 Å². The summed E-state index contributed by atoms with van der Waals surface area (Å²) in [6.07, 6.45) is 5.51. The molecule has 0 saturated heterocycles. The van der Waals surface area contributed by atoms with Gasteiger partial charge < -0.3 is 4.90 Å². The molecule has 1 amide bonds. The van der Waals surface area contributed by atoms with Gasteiger partial charge >= 0.3 is 0 Å². The molecule has 0 spiro atoms. The summed E-state index contributed by atoms with van der Waals surface area (Å²) in [5.41, 5.74) is 2.43. The van der Waals surface area contributed by atoms with Gasteiger partial charge in [0.2, 0.25) is 21.7 Å². The topological polar surface area (TPSA) is 101 Å². The van der Waals surface area contributed by atoms with Crippen molar-refractivity contribution in [2.24, 2.45) is 0 Å². The molecule has 184 valence electrons. The normalized spacial score (nSPS) is 11.4. The van der Waals surface area contributed by atoms with Crippen LogP contribution in [-0.4, -0.2) is 48.5 Å². The van der Waals surface area contributed by atoms with E-state index in [0.717, 1.165) is 34.7 Å². The maximum absolute atomic E-state index is 13.4. The summed E-state index contributed by atoms with van der Waals surface area (Å²) in [6, 6.07) is 15.7. The zero-order chi connectivity index (χ0) is 25.4. The predicted molar refractivity (Wildman–Crippen MR) is 135 cm³/mol. The Morgan fingerprint density at radius 2 is 1.60 bits per heavy atom. The lowest BCUT2D eigenvalue weighted by molar-refractivity contribution is -0.117. The van der Waals surface area contributed by atoms with Gasteiger partial charge in [0.25, 0.3) is 0 Å². The third-order valence-corrected chi connectivity index (χ3v) is 7.30. The van der Waals surface area contributed by atoms with Gasteiger partial charge in [-0.15, -0.1) is 0 Å². The number of amides is 1. The van der Waals surface area contributed by atoms with E-state index >= 15 is 0 Å². The second-order valence-electron chi connectivity index (χ2n) is 8.36. The minimum Gasteiger partial charge on any atom is -0.308 e. The van der Waals surface area contributed by atoms with Crippen LogP contribution in [0.2, 0.25) is 0 Å². The van der Waals surface area contributed by atoms with Crippen molar-refractivity contribution in [3.05, 3.63) is 83.9 Å². The Bertz CT molecular complexity index is 1280. The first-order valence-electron chi connectivity index (χ1n) is 11.4. The van der Waals surface area contributed by atoms with Gasteiger partial charge in [0.1, 0.15) is 0 Å². The zero-order valence-electron chi connectivity index (χ0n) is 20.2. The lowest BCUT2D eigenvalue weighted by Crippen LogP contribution is -2.32. The molecule has 0 bridgehead atoms. The van der Waals surface area contributed by atoms with Gasteiger partial charge in [-0.25, -0.2) is 22.7 Å². The molecule has 0 unspecified atom stereocenters. The molecule has 0 aliphatic carbocycles. The predicted octanol–water partition coefficient (Wildman–Crippen LogP) is 3.88. The van der Waals surface area contributed by atoms with Crippen molar-refractivity contribution >= 4 is 27.4 Å². The molecule has 8 nitrogen and oxygen atoms in total. The van der Waals surface area contributed by atoms with Gasteiger partial charge in [0.15, 0.2) is 5.82 Å². The molecule has 0 aliphatic heterocycles. The van der Waals surface area contributed by atoms with E-state index in [-0.39, 0.29) is 17.3 Å². The molecule has 0 atom stereocenters. The molecule has 2 aromatic carbocycles. The van der Waals surface area contributed by atoms with Crippen molar-refractivity contribution in [3.63, 3.8) is 0 Å². The van der Waals surface area contributed by atoms with Crippen LogP contribution < -0.4 is 4.90 Å². The Labute approximate surface area is 206 Å². The highest BCUT2D eigenvalue weighted by Gasteiger charge is 2.24. The standard InChI is InChI=1S/C26H30N4O4S/c1-4-5-9-20-10-6-11-21(16-20)19-30(25(32)18-24(31)26-27-14-8-15-28-26)22-12-7-13-23(17-22)35(33,34)29(2)3/h6-8,10-17H,4-5,9,18-19H2,1-3H3. The summed E-state index contributed by atoms with van der Waals surface area (Å²) in [7, 11) is -0.807. The Morgan fingerprint density at radius 1 is 0.914 bits per heavy atom. The number of benzene rings is 2. The number of anilines is 1. The minimum atomic E-state index is -3.71. The number of nitrogens with zero attached hydrogens (tertiary/aromatic N) is 4. The summed E-state index contributed by atoms with van der Waals surface area (Å²) < 4.78 is 26.5. The van der Waals surface area contributed by atoms with Crippen LogP contribution in [0, 0.1) is 0 Å². The number of carbonyl (C=O) groups excluding carboxylic acids is 2. The summed E-state index contributed by atoms with van der Waals surface area (Å²) in [6.45, 7) is 2.32. The molecule has 1 heterocycles. The van der Waals surface area contributed by atoms with Crippen LogP contribution in [-0.2, 0) is 27.8 Å². The number of rotatable bonds is 11. The van der Waals surface area contributed by atoms with Crippen molar-refractivity contribution in [2.45, 2.75) is 44.0 Å². The fraction of sp³-hybridized carbons (Fsp3) is 0.308. The quantitative estimate of drug-likeness (QED) is 0.296. The van der Waals surface area contributed by atoms with Gasteiger partial charge in [-0.05, 0) is 48.2 Å². The molecule has 35 heavy (non-hydrogen) atoms. The summed E-state index contributed by atoms with van der Waals surface area (Å²) in [5.74, 6) is -1.01. The highest BCUT2D eigenvalue weighted by atomic mass is 32.2. The van der Waals surface area contributed by atoms with Crippen molar-refractivity contribution in [2.75, 3.05) is 19.0 Å². The average molecular weight is 495 g/mol. The largest absolute Gasteiger partial charge is 0.308 e. The number of carbonyl (C=O) groups is 2. The van der Waals surface area contributed by atoms with Gasteiger partial charge in [0, 0.05) is 32.2 Å². The molecule has 0 aliphatic rings. The Morgan fingerprint density at radius 3 is 2.29 bits per heavy atom. The molecule has 0 fully saturated rings. The van der Waals surface area contributed by atoms with Crippen LogP contribution in [0.1, 0.15) is 47.9 Å². The molecule has 0 N–H and O–H groups in total. The van der Waals surface area contributed by atoms with E-state index in [9.17, 15) is 18.0 Å². The monoisotopic (exact) mass is 494 g/mol. The summed E-state index contributed by atoms with van der Waals surface area (Å²) >= 11 is 0. The first kappa shape index (κ1) is 26.2. The first-order chi connectivity index (χ1) is 16.7. The number of aryl methyl sites for hydroxylation is 1. The third-order valence-electron chi connectivity index (χ3n) is 5.49.